The van der Waals surface area contributed by atoms with Gasteiger partial charge in [-0.25, -0.2) is 0 Å². The van der Waals surface area contributed by atoms with E-state index in [4.69, 9.17) is 4.74 Å². The number of ether oxygens (including phenoxy) is 1. The number of hydrogen-bond donors (Lipinski definition) is 0. The molecule has 0 aliphatic heterocycles. The fraction of sp³-hybridized carbons (Fsp3) is 0.941. The summed E-state index contributed by atoms with van der Waals surface area (Å²) in [5, 5.41) is 0. The largest absolute Gasteiger partial charge is 0.375 e. The highest BCUT2D eigenvalue weighted by molar-refractivity contribution is 5.77. The van der Waals surface area contributed by atoms with Gasteiger partial charge >= 0.3 is 0 Å². The Labute approximate surface area is 126 Å². The molecule has 0 aliphatic rings. The SMILES string of the molecule is CCCCCCCN(CCCCCCC)C(=O)COC. The molecule has 120 valence electrons. The molecule has 0 N–H and O–H groups in total. The Balaban J connectivity index is 3.85. The van der Waals surface area contributed by atoms with Gasteiger partial charge in [0.1, 0.15) is 6.61 Å². The predicted molar refractivity (Wildman–Crippen MR) is 86.0 cm³/mol. The molecule has 0 aromatic heterocycles. The van der Waals surface area contributed by atoms with Crippen molar-refractivity contribution in [1.29, 1.82) is 0 Å². The van der Waals surface area contributed by atoms with E-state index in [1.807, 2.05) is 4.90 Å². The molecule has 0 aromatic rings. The second-order valence-electron chi connectivity index (χ2n) is 5.64. The van der Waals surface area contributed by atoms with E-state index in [9.17, 15) is 4.79 Å². The second-order valence-corrected chi connectivity index (χ2v) is 5.64. The summed E-state index contributed by atoms with van der Waals surface area (Å²) in [4.78, 5) is 14.0. The molecule has 0 fully saturated rings. The number of hydrogen-bond acceptors (Lipinski definition) is 2. The first-order chi connectivity index (χ1) is 9.76. The lowest BCUT2D eigenvalue weighted by molar-refractivity contribution is -0.135. The van der Waals surface area contributed by atoms with Crippen molar-refractivity contribution in [2.24, 2.45) is 0 Å². The Hall–Kier alpha value is -0.570. The van der Waals surface area contributed by atoms with Crippen LogP contribution >= 0.6 is 0 Å². The number of amides is 1. The summed E-state index contributed by atoms with van der Waals surface area (Å²) in [6, 6.07) is 0. The first-order valence-corrected chi connectivity index (χ1v) is 8.52. The van der Waals surface area contributed by atoms with Crippen LogP contribution in [0.5, 0.6) is 0 Å². The van der Waals surface area contributed by atoms with Crippen LogP contribution in [0.3, 0.4) is 0 Å². The van der Waals surface area contributed by atoms with Gasteiger partial charge in [0.15, 0.2) is 0 Å². The Morgan fingerprint density at radius 3 is 1.65 bits per heavy atom. The molecule has 0 spiro atoms. The van der Waals surface area contributed by atoms with Crippen molar-refractivity contribution >= 4 is 5.91 Å². The van der Waals surface area contributed by atoms with E-state index >= 15 is 0 Å². The van der Waals surface area contributed by atoms with Crippen LogP contribution in [0.1, 0.15) is 78.1 Å². The van der Waals surface area contributed by atoms with Crippen molar-refractivity contribution in [1.82, 2.24) is 4.90 Å². The number of unbranched alkanes of at least 4 members (excludes halogenated alkanes) is 8. The fourth-order valence-electron chi connectivity index (χ4n) is 2.39. The Kier molecular flexibility index (Phi) is 14.4. The van der Waals surface area contributed by atoms with Gasteiger partial charge < -0.3 is 9.64 Å². The number of carbonyl (C=O) groups is 1. The van der Waals surface area contributed by atoms with Gasteiger partial charge in [-0.15, -0.1) is 0 Å². The van der Waals surface area contributed by atoms with E-state index in [-0.39, 0.29) is 12.5 Å². The summed E-state index contributed by atoms with van der Waals surface area (Å²) < 4.78 is 4.98. The standard InChI is InChI=1S/C17H35NO2/c1-4-6-8-10-12-14-18(17(19)16-20-3)15-13-11-9-7-5-2/h4-16H2,1-3H3. The van der Waals surface area contributed by atoms with E-state index in [0.717, 1.165) is 25.9 Å². The highest BCUT2D eigenvalue weighted by Gasteiger charge is 2.12. The molecule has 20 heavy (non-hydrogen) atoms. The lowest BCUT2D eigenvalue weighted by Crippen LogP contribution is -2.35. The minimum absolute atomic E-state index is 0.151. The number of methoxy groups -OCH3 is 1. The molecule has 0 heterocycles. The smallest absolute Gasteiger partial charge is 0.248 e. The van der Waals surface area contributed by atoms with E-state index in [1.165, 1.54) is 51.4 Å². The van der Waals surface area contributed by atoms with Crippen LogP contribution in [-0.2, 0) is 9.53 Å². The van der Waals surface area contributed by atoms with Gasteiger partial charge in [-0.05, 0) is 12.8 Å². The average molecular weight is 285 g/mol. The average Bonchev–Trinajstić information content (AvgIpc) is 2.44. The molecule has 0 saturated carbocycles. The number of carbonyl (C=O) groups excluding carboxylic acids is 1. The van der Waals surface area contributed by atoms with E-state index < -0.39 is 0 Å². The van der Waals surface area contributed by atoms with E-state index in [2.05, 4.69) is 13.8 Å². The summed E-state index contributed by atoms with van der Waals surface area (Å²) in [6.45, 7) is 6.48. The predicted octanol–water partition coefficient (Wildman–Crippen LogP) is 4.40. The molecule has 0 rings (SSSR count). The van der Waals surface area contributed by atoms with Gasteiger partial charge in [0.05, 0.1) is 0 Å². The molecule has 0 unspecified atom stereocenters. The van der Waals surface area contributed by atoms with Crippen LogP contribution < -0.4 is 0 Å². The van der Waals surface area contributed by atoms with Crippen LogP contribution in [0.25, 0.3) is 0 Å². The van der Waals surface area contributed by atoms with Gasteiger partial charge in [0.2, 0.25) is 5.91 Å². The van der Waals surface area contributed by atoms with Gasteiger partial charge in [-0.3, -0.25) is 4.79 Å². The van der Waals surface area contributed by atoms with Crippen LogP contribution in [0.4, 0.5) is 0 Å². The molecule has 0 aliphatic carbocycles. The van der Waals surface area contributed by atoms with Gasteiger partial charge in [0.25, 0.3) is 0 Å². The van der Waals surface area contributed by atoms with Crippen LogP contribution in [-0.4, -0.2) is 37.6 Å². The van der Waals surface area contributed by atoms with Gasteiger partial charge in [0, 0.05) is 20.2 Å². The topological polar surface area (TPSA) is 29.5 Å². The number of nitrogens with zero attached hydrogens (tertiary/aromatic N) is 1. The summed E-state index contributed by atoms with van der Waals surface area (Å²) in [5.41, 5.74) is 0. The summed E-state index contributed by atoms with van der Waals surface area (Å²) in [7, 11) is 1.60. The monoisotopic (exact) mass is 285 g/mol. The zero-order chi connectivity index (χ0) is 15.1. The third-order valence-electron chi connectivity index (χ3n) is 3.68. The quantitative estimate of drug-likeness (QED) is 0.443. The number of rotatable bonds is 14. The molecule has 1 amide bonds. The first-order valence-electron chi connectivity index (χ1n) is 8.52. The zero-order valence-corrected chi connectivity index (χ0v) is 14.0. The first kappa shape index (κ1) is 19.4. The highest BCUT2D eigenvalue weighted by atomic mass is 16.5. The maximum Gasteiger partial charge on any atom is 0.248 e. The molecule has 0 radical (unpaired) electrons. The van der Waals surface area contributed by atoms with Crippen molar-refractivity contribution in [2.75, 3.05) is 26.8 Å². The Morgan fingerprint density at radius 1 is 0.800 bits per heavy atom. The van der Waals surface area contributed by atoms with E-state index in [1.54, 1.807) is 7.11 Å². The third kappa shape index (κ3) is 11.3. The van der Waals surface area contributed by atoms with Crippen LogP contribution in [0.15, 0.2) is 0 Å². The maximum atomic E-state index is 12.0. The molecular weight excluding hydrogens is 250 g/mol. The van der Waals surface area contributed by atoms with Crippen molar-refractivity contribution in [2.45, 2.75) is 78.1 Å². The molecular formula is C17H35NO2. The van der Waals surface area contributed by atoms with Gasteiger partial charge in [-0.1, -0.05) is 65.2 Å². The van der Waals surface area contributed by atoms with E-state index in [0.29, 0.717) is 0 Å². The summed E-state index contributed by atoms with van der Waals surface area (Å²) >= 11 is 0. The Morgan fingerprint density at radius 2 is 1.25 bits per heavy atom. The zero-order valence-electron chi connectivity index (χ0n) is 14.0. The van der Waals surface area contributed by atoms with Gasteiger partial charge in [-0.2, -0.15) is 0 Å². The summed E-state index contributed by atoms with van der Waals surface area (Å²) in [6.07, 6.45) is 12.5. The molecule has 3 nitrogen and oxygen atoms in total. The Bertz CT molecular complexity index is 205. The maximum absolute atomic E-state index is 12.0. The van der Waals surface area contributed by atoms with Crippen molar-refractivity contribution < 1.29 is 9.53 Å². The lowest BCUT2D eigenvalue weighted by Gasteiger charge is -2.22. The highest BCUT2D eigenvalue weighted by Crippen LogP contribution is 2.07. The minimum atomic E-state index is 0.151. The summed E-state index contributed by atoms with van der Waals surface area (Å²) in [5.74, 6) is 0.151. The van der Waals surface area contributed by atoms with Crippen LogP contribution in [0, 0.1) is 0 Å². The molecule has 0 bridgehead atoms. The van der Waals surface area contributed by atoms with Crippen molar-refractivity contribution in [3.63, 3.8) is 0 Å². The molecule has 0 atom stereocenters. The normalized spacial score (nSPS) is 10.8. The minimum Gasteiger partial charge on any atom is -0.375 e. The molecule has 3 heteroatoms. The molecule has 0 saturated heterocycles. The van der Waals surface area contributed by atoms with Crippen molar-refractivity contribution in [3.05, 3.63) is 0 Å². The lowest BCUT2D eigenvalue weighted by atomic mass is 10.1. The fourth-order valence-corrected chi connectivity index (χ4v) is 2.39. The third-order valence-corrected chi connectivity index (χ3v) is 3.68. The second kappa shape index (κ2) is 14.8. The van der Waals surface area contributed by atoms with Crippen LogP contribution in [0.2, 0.25) is 0 Å². The molecule has 0 aromatic carbocycles. The van der Waals surface area contributed by atoms with Crippen molar-refractivity contribution in [3.8, 4) is 0 Å².